The highest BCUT2D eigenvalue weighted by molar-refractivity contribution is 4.99. The molecule has 1 saturated heterocycles. The molecule has 12 heavy (non-hydrogen) atoms. The van der Waals surface area contributed by atoms with Crippen molar-refractivity contribution in [3.05, 3.63) is 0 Å². The third-order valence-corrected chi connectivity index (χ3v) is 3.87. The molecule has 0 aromatic heterocycles. The first kappa shape index (κ1) is 8.52. The van der Waals surface area contributed by atoms with Crippen molar-refractivity contribution in [3.8, 4) is 0 Å². The van der Waals surface area contributed by atoms with E-state index in [0.717, 1.165) is 19.6 Å². The van der Waals surface area contributed by atoms with E-state index in [4.69, 9.17) is 9.47 Å². The van der Waals surface area contributed by atoms with Crippen LogP contribution in [0.25, 0.3) is 0 Å². The van der Waals surface area contributed by atoms with Crippen LogP contribution in [-0.4, -0.2) is 19.0 Å². The van der Waals surface area contributed by atoms with Crippen LogP contribution in [0, 0.1) is 11.3 Å². The number of hydrogen-bond donors (Lipinski definition) is 0. The zero-order valence-corrected chi connectivity index (χ0v) is 8.22. The van der Waals surface area contributed by atoms with E-state index < -0.39 is 0 Å². The summed E-state index contributed by atoms with van der Waals surface area (Å²) in [5, 5.41) is 0. The Morgan fingerprint density at radius 3 is 2.17 bits per heavy atom. The van der Waals surface area contributed by atoms with Crippen LogP contribution in [0.3, 0.4) is 0 Å². The molecule has 1 heterocycles. The molecular formula is C10H18O2. The fourth-order valence-corrected chi connectivity index (χ4v) is 2.44. The second-order valence-corrected chi connectivity index (χ2v) is 4.61. The Morgan fingerprint density at radius 1 is 1.17 bits per heavy atom. The molecule has 70 valence electrons. The average molecular weight is 170 g/mol. The lowest BCUT2D eigenvalue weighted by Crippen LogP contribution is -2.43. The minimum absolute atomic E-state index is 0.184. The molecule has 1 atom stereocenters. The Hall–Kier alpha value is -0.0800. The minimum Gasteiger partial charge on any atom is -0.347 e. The van der Waals surface area contributed by atoms with Gasteiger partial charge in [0.2, 0.25) is 0 Å². The van der Waals surface area contributed by atoms with Crippen molar-refractivity contribution < 1.29 is 9.47 Å². The molecule has 2 rings (SSSR count). The van der Waals surface area contributed by atoms with Crippen molar-refractivity contribution in [3.63, 3.8) is 0 Å². The molecule has 2 aliphatic rings. The Balaban J connectivity index is 2.26. The van der Waals surface area contributed by atoms with Gasteiger partial charge in [0.25, 0.3) is 0 Å². The lowest BCUT2D eigenvalue weighted by atomic mass is 9.79. The van der Waals surface area contributed by atoms with Crippen LogP contribution < -0.4 is 0 Å². The maximum absolute atomic E-state index is 5.76. The van der Waals surface area contributed by atoms with Crippen molar-refractivity contribution >= 4 is 0 Å². The number of rotatable bonds is 0. The van der Waals surface area contributed by atoms with Crippen molar-refractivity contribution in [2.45, 2.75) is 39.4 Å². The molecule has 2 nitrogen and oxygen atoms in total. The van der Waals surface area contributed by atoms with E-state index in [1.54, 1.807) is 0 Å². The van der Waals surface area contributed by atoms with Gasteiger partial charge < -0.3 is 9.47 Å². The van der Waals surface area contributed by atoms with Gasteiger partial charge in [0.15, 0.2) is 5.79 Å². The highest BCUT2D eigenvalue weighted by Gasteiger charge is 2.56. The minimum atomic E-state index is -0.244. The van der Waals surface area contributed by atoms with E-state index in [9.17, 15) is 0 Å². The van der Waals surface area contributed by atoms with E-state index in [-0.39, 0.29) is 11.2 Å². The summed E-state index contributed by atoms with van der Waals surface area (Å²) in [6.07, 6.45) is 2.30. The largest absolute Gasteiger partial charge is 0.347 e. The van der Waals surface area contributed by atoms with Crippen LogP contribution in [0.5, 0.6) is 0 Å². The van der Waals surface area contributed by atoms with Gasteiger partial charge in [-0.2, -0.15) is 0 Å². The monoisotopic (exact) mass is 170 g/mol. The normalized spacial score (nSPS) is 37.8. The molecule has 0 bridgehead atoms. The Kier molecular flexibility index (Phi) is 1.74. The highest BCUT2D eigenvalue weighted by Crippen LogP contribution is 2.54. The maximum atomic E-state index is 5.76. The first-order valence-electron chi connectivity index (χ1n) is 4.86. The predicted octanol–water partition coefficient (Wildman–Crippen LogP) is 2.19. The SMILES string of the molecule is CC1CCC2(OCCO2)C1(C)C. The Morgan fingerprint density at radius 2 is 1.75 bits per heavy atom. The number of ether oxygens (including phenoxy) is 2. The third-order valence-electron chi connectivity index (χ3n) is 3.87. The molecule has 1 unspecified atom stereocenters. The van der Waals surface area contributed by atoms with Crippen LogP contribution in [0.1, 0.15) is 33.6 Å². The molecule has 0 N–H and O–H groups in total. The molecule has 1 aliphatic carbocycles. The Labute approximate surface area is 74.2 Å². The van der Waals surface area contributed by atoms with Crippen molar-refractivity contribution in [2.75, 3.05) is 13.2 Å². The van der Waals surface area contributed by atoms with Crippen LogP contribution in [0.2, 0.25) is 0 Å². The summed E-state index contributed by atoms with van der Waals surface area (Å²) < 4.78 is 11.5. The van der Waals surface area contributed by atoms with Gasteiger partial charge in [-0.15, -0.1) is 0 Å². The van der Waals surface area contributed by atoms with Crippen LogP contribution in [0.4, 0.5) is 0 Å². The number of hydrogen-bond acceptors (Lipinski definition) is 2. The summed E-state index contributed by atoms with van der Waals surface area (Å²) >= 11 is 0. The first-order chi connectivity index (χ1) is 5.58. The molecule has 1 spiro atoms. The van der Waals surface area contributed by atoms with Gasteiger partial charge in [0.05, 0.1) is 13.2 Å². The summed E-state index contributed by atoms with van der Waals surface area (Å²) in [6.45, 7) is 8.36. The summed E-state index contributed by atoms with van der Waals surface area (Å²) in [6, 6.07) is 0. The first-order valence-corrected chi connectivity index (χ1v) is 4.86. The molecule has 1 aliphatic heterocycles. The van der Waals surface area contributed by atoms with Gasteiger partial charge in [0, 0.05) is 11.8 Å². The molecule has 0 amide bonds. The van der Waals surface area contributed by atoms with Gasteiger partial charge in [-0.05, 0) is 12.3 Å². The third kappa shape index (κ3) is 0.882. The van der Waals surface area contributed by atoms with Crippen LogP contribution in [-0.2, 0) is 9.47 Å². The van der Waals surface area contributed by atoms with E-state index >= 15 is 0 Å². The van der Waals surface area contributed by atoms with Crippen molar-refractivity contribution in [1.29, 1.82) is 0 Å². The van der Waals surface area contributed by atoms with Crippen molar-refractivity contribution in [1.82, 2.24) is 0 Å². The van der Waals surface area contributed by atoms with Crippen LogP contribution >= 0.6 is 0 Å². The second kappa shape index (κ2) is 2.46. The lowest BCUT2D eigenvalue weighted by Gasteiger charge is -2.38. The lowest BCUT2D eigenvalue weighted by molar-refractivity contribution is -0.217. The van der Waals surface area contributed by atoms with Gasteiger partial charge in [0.1, 0.15) is 0 Å². The van der Waals surface area contributed by atoms with Gasteiger partial charge in [-0.3, -0.25) is 0 Å². The average Bonchev–Trinajstić information content (AvgIpc) is 2.55. The summed E-state index contributed by atoms with van der Waals surface area (Å²) in [5.74, 6) is 0.461. The van der Waals surface area contributed by atoms with Crippen molar-refractivity contribution in [2.24, 2.45) is 11.3 Å². The fourth-order valence-electron chi connectivity index (χ4n) is 2.44. The Bertz CT molecular complexity index is 180. The van der Waals surface area contributed by atoms with E-state index in [2.05, 4.69) is 20.8 Å². The molecule has 0 aromatic rings. The van der Waals surface area contributed by atoms with Crippen LogP contribution in [0.15, 0.2) is 0 Å². The topological polar surface area (TPSA) is 18.5 Å². The standard InChI is InChI=1S/C10H18O2/c1-8-4-5-10(9(8,2)3)11-6-7-12-10/h8H,4-7H2,1-3H3. The quantitative estimate of drug-likeness (QED) is 0.555. The maximum Gasteiger partial charge on any atom is 0.173 e. The summed E-state index contributed by atoms with van der Waals surface area (Å²) in [7, 11) is 0. The molecule has 2 heteroatoms. The van der Waals surface area contributed by atoms with Gasteiger partial charge >= 0.3 is 0 Å². The zero-order valence-electron chi connectivity index (χ0n) is 8.22. The molecule has 0 radical (unpaired) electrons. The van der Waals surface area contributed by atoms with E-state index in [1.165, 1.54) is 6.42 Å². The molecule has 2 fully saturated rings. The molecule has 0 aromatic carbocycles. The van der Waals surface area contributed by atoms with Gasteiger partial charge in [-0.25, -0.2) is 0 Å². The smallest absolute Gasteiger partial charge is 0.173 e. The predicted molar refractivity (Wildman–Crippen MR) is 46.8 cm³/mol. The molecule has 1 saturated carbocycles. The van der Waals surface area contributed by atoms with E-state index in [0.29, 0.717) is 5.92 Å². The van der Waals surface area contributed by atoms with E-state index in [1.807, 2.05) is 0 Å². The van der Waals surface area contributed by atoms with Gasteiger partial charge in [-0.1, -0.05) is 20.8 Å². The zero-order chi connectivity index (χ0) is 8.82. The highest BCUT2D eigenvalue weighted by atomic mass is 16.7. The second-order valence-electron chi connectivity index (χ2n) is 4.61. The summed E-state index contributed by atoms with van der Waals surface area (Å²) in [4.78, 5) is 0. The summed E-state index contributed by atoms with van der Waals surface area (Å²) in [5.41, 5.74) is 0.184. The fraction of sp³-hybridized carbons (Fsp3) is 1.00. The molecular weight excluding hydrogens is 152 g/mol.